The van der Waals surface area contributed by atoms with Crippen molar-refractivity contribution in [3.05, 3.63) is 106 Å². The van der Waals surface area contributed by atoms with Crippen LogP contribution in [0.2, 0.25) is 0 Å². The summed E-state index contributed by atoms with van der Waals surface area (Å²) in [5.41, 5.74) is 14.8. The maximum atomic E-state index is 13.7. The number of carboxylic acid groups (broad SMARTS) is 1. The Morgan fingerprint density at radius 1 is 0.927 bits per heavy atom. The van der Waals surface area contributed by atoms with Gasteiger partial charge < -0.3 is 20.7 Å². The van der Waals surface area contributed by atoms with Crippen LogP contribution in [0, 0.1) is 6.92 Å². The third-order valence-corrected chi connectivity index (χ3v) is 8.80. The number of carboxylic acids is 1. The molecular formula is C34H36N4O3. The van der Waals surface area contributed by atoms with Gasteiger partial charge in [0, 0.05) is 31.1 Å². The zero-order valence-corrected chi connectivity index (χ0v) is 23.4. The fourth-order valence-electron chi connectivity index (χ4n) is 6.41. The summed E-state index contributed by atoms with van der Waals surface area (Å²) in [6, 6.07) is 22.5. The number of amides is 1. The number of fused-ring (bicyclic) bond motifs is 6. The number of anilines is 2. The minimum atomic E-state index is -0.878. The molecule has 210 valence electrons. The number of nitrogens with two attached hydrogens (primary N) is 2. The zero-order valence-electron chi connectivity index (χ0n) is 23.4. The van der Waals surface area contributed by atoms with Crippen LogP contribution in [0.1, 0.15) is 68.9 Å². The predicted molar refractivity (Wildman–Crippen MR) is 163 cm³/mol. The lowest BCUT2D eigenvalue weighted by Gasteiger charge is -2.30. The van der Waals surface area contributed by atoms with Gasteiger partial charge >= 0.3 is 5.97 Å². The average molecular weight is 549 g/mol. The molecule has 0 saturated carbocycles. The highest BCUT2D eigenvalue weighted by Gasteiger charge is 2.26. The molecule has 0 fully saturated rings. The molecule has 4 aromatic rings. The number of hydrogen-bond acceptors (Lipinski definition) is 5. The SMILES string of the molecule is Cc1c2ccc(c1N)N(N)CCCCc1ccc3ccc(cc3c1)C(=O)N1CCc3ccc(cc3C1)C2CC(=O)O. The number of carbonyl (C=O) groups is 2. The third-order valence-electron chi connectivity index (χ3n) is 8.80. The predicted octanol–water partition coefficient (Wildman–Crippen LogP) is 5.55. The van der Waals surface area contributed by atoms with Gasteiger partial charge in [-0.15, -0.1) is 0 Å². The molecule has 1 atom stereocenters. The van der Waals surface area contributed by atoms with E-state index in [1.165, 1.54) is 11.1 Å². The summed E-state index contributed by atoms with van der Waals surface area (Å²) in [5, 5.41) is 13.7. The van der Waals surface area contributed by atoms with Gasteiger partial charge in [0.05, 0.1) is 17.8 Å². The van der Waals surface area contributed by atoms with Crippen LogP contribution in [0.3, 0.4) is 0 Å². The normalized spacial score (nSPS) is 17.4. The Bertz CT molecular complexity index is 1660. The van der Waals surface area contributed by atoms with Crippen molar-refractivity contribution in [3.8, 4) is 0 Å². The molecule has 41 heavy (non-hydrogen) atoms. The van der Waals surface area contributed by atoms with Crippen molar-refractivity contribution in [2.75, 3.05) is 23.8 Å². The van der Waals surface area contributed by atoms with Crippen molar-refractivity contribution < 1.29 is 14.7 Å². The lowest BCUT2D eigenvalue weighted by Crippen LogP contribution is -2.36. The number of aliphatic carboxylic acids is 1. The molecule has 7 heteroatoms. The molecule has 1 amide bonds. The van der Waals surface area contributed by atoms with E-state index in [0.717, 1.165) is 64.4 Å². The van der Waals surface area contributed by atoms with Crippen LogP contribution >= 0.6 is 0 Å². The number of nitrogens with zero attached hydrogens (tertiary/aromatic N) is 2. The molecule has 3 aliphatic rings. The Balaban J connectivity index is 1.44. The molecule has 1 unspecified atom stereocenters. The Morgan fingerprint density at radius 3 is 2.59 bits per heavy atom. The van der Waals surface area contributed by atoms with Gasteiger partial charge in [-0.25, -0.2) is 5.84 Å². The molecular weight excluding hydrogens is 512 g/mol. The van der Waals surface area contributed by atoms with E-state index >= 15 is 0 Å². The van der Waals surface area contributed by atoms with Crippen LogP contribution in [-0.4, -0.2) is 35.0 Å². The number of hydrogen-bond donors (Lipinski definition) is 3. The van der Waals surface area contributed by atoms with Crippen molar-refractivity contribution in [2.45, 2.75) is 51.5 Å². The molecule has 0 spiro atoms. The van der Waals surface area contributed by atoms with Gasteiger partial charge in [0.1, 0.15) is 0 Å². The fraction of sp³-hybridized carbons (Fsp3) is 0.294. The Labute approximate surface area is 240 Å². The van der Waals surface area contributed by atoms with Gasteiger partial charge in [-0.05, 0) is 95.0 Å². The first-order chi connectivity index (χ1) is 19.8. The summed E-state index contributed by atoms with van der Waals surface area (Å²) in [6.07, 6.45) is 3.46. The Morgan fingerprint density at radius 2 is 1.76 bits per heavy atom. The number of hydrazine groups is 1. The zero-order chi connectivity index (χ0) is 28.7. The van der Waals surface area contributed by atoms with Crippen molar-refractivity contribution >= 4 is 34.0 Å². The van der Waals surface area contributed by atoms with Gasteiger partial charge in [0.15, 0.2) is 0 Å². The van der Waals surface area contributed by atoms with Crippen molar-refractivity contribution in [1.29, 1.82) is 0 Å². The van der Waals surface area contributed by atoms with Crippen molar-refractivity contribution in [3.63, 3.8) is 0 Å². The summed E-state index contributed by atoms with van der Waals surface area (Å²) >= 11 is 0. The molecule has 3 heterocycles. The van der Waals surface area contributed by atoms with Crippen LogP contribution < -0.4 is 16.6 Å². The largest absolute Gasteiger partial charge is 0.481 e. The average Bonchev–Trinajstić information content (AvgIpc) is 2.97. The Hall–Kier alpha value is -4.36. The lowest BCUT2D eigenvalue weighted by molar-refractivity contribution is -0.137. The van der Waals surface area contributed by atoms with E-state index in [-0.39, 0.29) is 18.2 Å². The van der Waals surface area contributed by atoms with E-state index in [1.807, 2.05) is 48.2 Å². The highest BCUT2D eigenvalue weighted by molar-refractivity contribution is 5.98. The van der Waals surface area contributed by atoms with Crippen molar-refractivity contribution in [2.24, 2.45) is 5.84 Å². The second kappa shape index (κ2) is 10.9. The first kappa shape index (κ1) is 26.8. The quantitative estimate of drug-likeness (QED) is 0.224. The minimum Gasteiger partial charge on any atom is -0.481 e. The van der Waals surface area contributed by atoms with Crippen molar-refractivity contribution in [1.82, 2.24) is 4.90 Å². The first-order valence-electron chi connectivity index (χ1n) is 14.3. The minimum absolute atomic E-state index is 0.0172. The smallest absolute Gasteiger partial charge is 0.304 e. The maximum Gasteiger partial charge on any atom is 0.304 e. The van der Waals surface area contributed by atoms with Gasteiger partial charge in [-0.3, -0.25) is 9.59 Å². The summed E-state index contributed by atoms with van der Waals surface area (Å²) in [6.45, 7) is 3.72. The van der Waals surface area contributed by atoms with E-state index in [4.69, 9.17) is 11.6 Å². The van der Waals surface area contributed by atoms with Crippen LogP contribution in [-0.2, 0) is 24.2 Å². The topological polar surface area (TPSA) is 113 Å². The molecule has 0 saturated heterocycles. The summed E-state index contributed by atoms with van der Waals surface area (Å²) in [7, 11) is 0. The molecule has 3 aliphatic heterocycles. The van der Waals surface area contributed by atoms with Crippen LogP contribution in [0.5, 0.6) is 0 Å². The molecule has 7 nitrogen and oxygen atoms in total. The summed E-state index contributed by atoms with van der Waals surface area (Å²) in [4.78, 5) is 27.6. The number of benzene rings is 4. The van der Waals surface area contributed by atoms with E-state index in [2.05, 4.69) is 30.3 Å². The van der Waals surface area contributed by atoms with Gasteiger partial charge in [0.25, 0.3) is 5.91 Å². The highest BCUT2D eigenvalue weighted by atomic mass is 16.4. The van der Waals surface area contributed by atoms with E-state index in [0.29, 0.717) is 30.9 Å². The van der Waals surface area contributed by atoms with Crippen LogP contribution in [0.25, 0.3) is 10.8 Å². The number of nitrogen functional groups attached to an aromatic ring is 1. The first-order valence-corrected chi connectivity index (χ1v) is 14.3. The van der Waals surface area contributed by atoms with Crippen LogP contribution in [0.15, 0.2) is 66.7 Å². The monoisotopic (exact) mass is 548 g/mol. The van der Waals surface area contributed by atoms with Gasteiger partial charge in [0.2, 0.25) is 0 Å². The van der Waals surface area contributed by atoms with Gasteiger partial charge in [-0.1, -0.05) is 48.5 Å². The summed E-state index contributed by atoms with van der Waals surface area (Å²) in [5.74, 6) is 5.23. The number of rotatable bonds is 2. The Kier molecular flexibility index (Phi) is 7.14. The number of carbonyl (C=O) groups excluding carboxylic acids is 1. The highest BCUT2D eigenvalue weighted by Crippen LogP contribution is 2.38. The standard InChI is InChI=1S/C34H36N4O3/c1-21-29-11-12-31(33(21)35)38(36)14-3-2-4-22-5-6-23-8-10-26(18-27(23)16-22)34(41)37-15-13-24-7-9-25(17-28(24)20-37)30(29)19-32(39)40/h5-12,16-18,30H,2-4,13-15,19-20,35-36H2,1H3,(H,39,40). The van der Waals surface area contributed by atoms with E-state index < -0.39 is 5.97 Å². The van der Waals surface area contributed by atoms with Crippen LogP contribution in [0.4, 0.5) is 11.4 Å². The van der Waals surface area contributed by atoms with E-state index in [1.54, 1.807) is 5.01 Å². The second-order valence-corrected chi connectivity index (χ2v) is 11.4. The molecule has 0 aliphatic carbocycles. The second-order valence-electron chi connectivity index (χ2n) is 11.4. The molecule has 0 aromatic heterocycles. The molecule has 7 rings (SSSR count). The fourth-order valence-corrected chi connectivity index (χ4v) is 6.41. The summed E-state index contributed by atoms with van der Waals surface area (Å²) < 4.78 is 0. The maximum absolute atomic E-state index is 13.7. The molecule has 5 N–H and O–H groups in total. The lowest BCUT2D eigenvalue weighted by atomic mass is 9.83. The van der Waals surface area contributed by atoms with E-state index in [9.17, 15) is 14.7 Å². The third kappa shape index (κ3) is 5.25. The van der Waals surface area contributed by atoms with Gasteiger partial charge in [-0.2, -0.15) is 0 Å². The number of aryl methyl sites for hydroxylation is 1. The molecule has 0 radical (unpaired) electrons. The molecule has 4 aromatic carbocycles. The molecule has 8 bridgehead atoms.